The number of carbonyl (C=O) groups is 2. The zero-order chi connectivity index (χ0) is 29.5. The number of benzene rings is 4. The van der Waals surface area contributed by atoms with Crippen LogP contribution in [0.5, 0.6) is 17.2 Å². The zero-order valence-electron chi connectivity index (χ0n) is 22.6. The summed E-state index contributed by atoms with van der Waals surface area (Å²) in [7, 11) is -3.98. The Morgan fingerprint density at radius 1 is 0.786 bits per heavy atom. The third kappa shape index (κ3) is 6.99. The number of ether oxygens (including phenoxy) is 1. The number of rotatable bonds is 9. The Balaban J connectivity index is 1.14. The Bertz CT molecular complexity index is 1640. The molecule has 0 aliphatic carbocycles. The van der Waals surface area contributed by atoms with Crippen molar-refractivity contribution in [2.24, 2.45) is 0 Å². The minimum absolute atomic E-state index is 0.0314. The number of nitrogens with zero attached hydrogens (tertiary/aromatic N) is 2. The third-order valence-corrected chi connectivity index (χ3v) is 8.16. The van der Waals surface area contributed by atoms with Gasteiger partial charge in [-0.05, 0) is 72.8 Å². The van der Waals surface area contributed by atoms with Gasteiger partial charge < -0.3 is 25.0 Å². The fourth-order valence-corrected chi connectivity index (χ4v) is 5.56. The number of anilines is 2. The Hall–Kier alpha value is -5.03. The van der Waals surface area contributed by atoms with Crippen LogP contribution >= 0.6 is 0 Å². The van der Waals surface area contributed by atoms with Crippen LogP contribution in [0.3, 0.4) is 0 Å². The molecule has 0 radical (unpaired) electrons. The van der Waals surface area contributed by atoms with E-state index in [1.807, 2.05) is 30.3 Å². The van der Waals surface area contributed by atoms with Crippen molar-refractivity contribution in [3.8, 4) is 17.2 Å². The smallest absolute Gasteiger partial charge is 0.262 e. The molecule has 4 aromatic rings. The molecule has 1 saturated heterocycles. The van der Waals surface area contributed by atoms with Gasteiger partial charge in [0.15, 0.2) is 5.75 Å². The number of nitrogens with one attached hydrogen (secondary N) is 2. The summed E-state index contributed by atoms with van der Waals surface area (Å²) in [5.41, 5.74) is 1.47. The quantitative estimate of drug-likeness (QED) is 0.270. The first kappa shape index (κ1) is 28.5. The van der Waals surface area contributed by atoms with Gasteiger partial charge in [-0.1, -0.05) is 30.3 Å². The Kier molecular flexibility index (Phi) is 8.58. The van der Waals surface area contributed by atoms with Crippen molar-refractivity contribution in [3.63, 3.8) is 0 Å². The molecular formula is C31H30N4O6S. The van der Waals surface area contributed by atoms with Gasteiger partial charge in [-0.15, -0.1) is 0 Å². The van der Waals surface area contributed by atoms with E-state index in [2.05, 4.69) is 14.9 Å². The van der Waals surface area contributed by atoms with Crippen LogP contribution in [-0.4, -0.2) is 63.0 Å². The molecule has 0 saturated carbocycles. The highest BCUT2D eigenvalue weighted by molar-refractivity contribution is 7.92. The van der Waals surface area contributed by atoms with Gasteiger partial charge in [-0.2, -0.15) is 0 Å². The summed E-state index contributed by atoms with van der Waals surface area (Å²) < 4.78 is 34.5. The summed E-state index contributed by atoms with van der Waals surface area (Å²) >= 11 is 0. The summed E-state index contributed by atoms with van der Waals surface area (Å²) in [6.45, 7) is 2.12. The standard InChI is InChI=1S/C31H30N4O6S/c36-25-14-12-24(13-15-25)34-18-20-35(21-19-34)30(37)22-32-31(38)23-10-16-27(17-11-23)42(39,40)33-28-8-4-5-9-29(28)41-26-6-2-1-3-7-26/h1-17,33,36H,18-22H2,(H,32,38). The van der Waals surface area contributed by atoms with Crippen LogP contribution in [0.1, 0.15) is 10.4 Å². The molecule has 0 spiro atoms. The molecule has 2 amide bonds. The summed E-state index contributed by atoms with van der Waals surface area (Å²) in [4.78, 5) is 29.1. The van der Waals surface area contributed by atoms with Crippen LogP contribution in [0.2, 0.25) is 0 Å². The summed E-state index contributed by atoms with van der Waals surface area (Å²) in [6, 6.07) is 28.1. The van der Waals surface area contributed by atoms with Crippen LogP contribution < -0.4 is 19.7 Å². The normalized spacial score (nSPS) is 13.3. The first-order valence-electron chi connectivity index (χ1n) is 13.3. The average Bonchev–Trinajstić information content (AvgIpc) is 3.01. The van der Waals surface area contributed by atoms with Crippen molar-refractivity contribution < 1.29 is 27.9 Å². The van der Waals surface area contributed by atoms with E-state index in [-0.39, 0.29) is 34.3 Å². The fraction of sp³-hybridized carbons (Fsp3) is 0.161. The molecule has 11 heteroatoms. The predicted molar refractivity (Wildman–Crippen MR) is 159 cm³/mol. The van der Waals surface area contributed by atoms with Crippen molar-refractivity contribution in [1.29, 1.82) is 0 Å². The number of phenolic OH excluding ortho intramolecular Hbond substituents is 1. The van der Waals surface area contributed by atoms with E-state index in [1.54, 1.807) is 53.4 Å². The maximum Gasteiger partial charge on any atom is 0.262 e. The first-order chi connectivity index (χ1) is 20.3. The molecule has 1 aliphatic heterocycles. The van der Waals surface area contributed by atoms with Gasteiger partial charge in [0, 0.05) is 37.4 Å². The van der Waals surface area contributed by atoms with Crippen LogP contribution in [-0.2, 0) is 14.8 Å². The zero-order valence-corrected chi connectivity index (χ0v) is 23.5. The predicted octanol–water partition coefficient (Wildman–Crippen LogP) is 4.06. The minimum Gasteiger partial charge on any atom is -0.508 e. The lowest BCUT2D eigenvalue weighted by Gasteiger charge is -2.36. The Morgan fingerprint density at radius 2 is 1.43 bits per heavy atom. The number of carbonyl (C=O) groups excluding carboxylic acids is 2. The van der Waals surface area contributed by atoms with E-state index in [1.165, 1.54) is 24.3 Å². The summed E-state index contributed by atoms with van der Waals surface area (Å²) in [6.07, 6.45) is 0. The highest BCUT2D eigenvalue weighted by Crippen LogP contribution is 2.31. The molecule has 5 rings (SSSR count). The molecule has 216 valence electrons. The number of hydrogen-bond acceptors (Lipinski definition) is 7. The first-order valence-corrected chi connectivity index (χ1v) is 14.8. The number of aromatic hydroxyl groups is 1. The highest BCUT2D eigenvalue weighted by atomic mass is 32.2. The number of para-hydroxylation sites is 3. The van der Waals surface area contributed by atoms with Crippen molar-refractivity contribution in [2.45, 2.75) is 4.90 Å². The molecule has 0 atom stereocenters. The van der Waals surface area contributed by atoms with Crippen molar-refractivity contribution in [1.82, 2.24) is 10.2 Å². The molecule has 1 aliphatic rings. The highest BCUT2D eigenvalue weighted by Gasteiger charge is 2.22. The Labute approximate surface area is 244 Å². The van der Waals surface area contributed by atoms with Gasteiger partial charge in [0.2, 0.25) is 5.91 Å². The molecular weight excluding hydrogens is 556 g/mol. The van der Waals surface area contributed by atoms with Gasteiger partial charge in [0.25, 0.3) is 15.9 Å². The number of hydrogen-bond donors (Lipinski definition) is 3. The van der Waals surface area contributed by atoms with Crippen molar-refractivity contribution in [2.75, 3.05) is 42.3 Å². The monoisotopic (exact) mass is 586 g/mol. The average molecular weight is 587 g/mol. The second-order valence-corrected chi connectivity index (χ2v) is 11.3. The van der Waals surface area contributed by atoms with E-state index in [4.69, 9.17) is 4.74 Å². The molecule has 3 N–H and O–H groups in total. The maximum absolute atomic E-state index is 13.1. The third-order valence-electron chi connectivity index (χ3n) is 6.78. The van der Waals surface area contributed by atoms with Crippen molar-refractivity contribution >= 4 is 33.2 Å². The maximum atomic E-state index is 13.1. The van der Waals surface area contributed by atoms with Crippen molar-refractivity contribution in [3.05, 3.63) is 109 Å². The molecule has 1 fully saturated rings. The van der Waals surface area contributed by atoms with E-state index in [0.29, 0.717) is 37.7 Å². The molecule has 0 unspecified atom stereocenters. The molecule has 10 nitrogen and oxygen atoms in total. The van der Waals surface area contributed by atoms with Crippen LogP contribution in [0.4, 0.5) is 11.4 Å². The lowest BCUT2D eigenvalue weighted by atomic mass is 10.2. The fourth-order valence-electron chi connectivity index (χ4n) is 4.49. The summed E-state index contributed by atoms with van der Waals surface area (Å²) in [5, 5.41) is 12.1. The molecule has 1 heterocycles. The second kappa shape index (κ2) is 12.6. The van der Waals surface area contributed by atoms with E-state index >= 15 is 0 Å². The van der Waals surface area contributed by atoms with Crippen LogP contribution in [0.15, 0.2) is 108 Å². The van der Waals surface area contributed by atoms with Gasteiger partial charge in [0.05, 0.1) is 17.1 Å². The second-order valence-electron chi connectivity index (χ2n) is 9.61. The van der Waals surface area contributed by atoms with Gasteiger partial charge >= 0.3 is 0 Å². The lowest BCUT2D eigenvalue weighted by Crippen LogP contribution is -2.51. The Morgan fingerprint density at radius 3 is 2.12 bits per heavy atom. The minimum atomic E-state index is -3.98. The lowest BCUT2D eigenvalue weighted by molar-refractivity contribution is -0.130. The molecule has 4 aromatic carbocycles. The molecule has 42 heavy (non-hydrogen) atoms. The number of piperazine rings is 1. The van der Waals surface area contributed by atoms with Crippen LogP contribution in [0.25, 0.3) is 0 Å². The largest absolute Gasteiger partial charge is 0.508 e. The van der Waals surface area contributed by atoms with Crippen LogP contribution in [0, 0.1) is 0 Å². The number of phenols is 1. The topological polar surface area (TPSA) is 128 Å². The molecule has 0 bridgehead atoms. The van der Waals surface area contributed by atoms with E-state index in [0.717, 1.165) is 5.69 Å². The number of sulfonamides is 1. The van der Waals surface area contributed by atoms with Gasteiger partial charge in [-0.3, -0.25) is 14.3 Å². The summed E-state index contributed by atoms with van der Waals surface area (Å²) in [5.74, 6) is 0.425. The van der Waals surface area contributed by atoms with Gasteiger partial charge in [-0.25, -0.2) is 8.42 Å². The SMILES string of the molecule is O=C(NCC(=O)N1CCN(c2ccc(O)cc2)CC1)c1ccc(S(=O)(=O)Nc2ccccc2Oc2ccccc2)cc1. The van der Waals surface area contributed by atoms with E-state index < -0.39 is 15.9 Å². The van der Waals surface area contributed by atoms with E-state index in [9.17, 15) is 23.1 Å². The van der Waals surface area contributed by atoms with Gasteiger partial charge in [0.1, 0.15) is 11.5 Å². The molecule has 0 aromatic heterocycles. The number of amides is 2.